The van der Waals surface area contributed by atoms with E-state index in [0.29, 0.717) is 12.3 Å². The molecule has 2 rings (SSSR count). The zero-order valence-corrected chi connectivity index (χ0v) is 10.6. The highest BCUT2D eigenvalue weighted by Crippen LogP contribution is 2.21. The third-order valence-corrected chi connectivity index (χ3v) is 4.80. The van der Waals surface area contributed by atoms with E-state index >= 15 is 0 Å². The van der Waals surface area contributed by atoms with Crippen LogP contribution < -0.4 is 5.73 Å². The molecule has 0 aromatic heterocycles. The Kier molecular flexibility index (Phi) is 3.86. The van der Waals surface area contributed by atoms with Crippen LogP contribution in [-0.4, -0.2) is 50.2 Å². The summed E-state index contributed by atoms with van der Waals surface area (Å²) in [7, 11) is -3.63. The third-order valence-electron chi connectivity index (χ3n) is 2.85. The first kappa shape index (κ1) is 13.3. The van der Waals surface area contributed by atoms with Gasteiger partial charge in [0, 0.05) is 12.2 Å². The molecular weight excluding hydrogens is 256 g/mol. The predicted octanol–water partition coefficient (Wildman–Crippen LogP) is -0.349. The number of aliphatic hydroxyl groups excluding tert-OH is 1. The number of hydrogen-bond acceptors (Lipinski definition) is 5. The molecule has 3 N–H and O–H groups in total. The summed E-state index contributed by atoms with van der Waals surface area (Å²) in [6.45, 7) is 0.514. The van der Waals surface area contributed by atoms with Crippen molar-refractivity contribution < 1.29 is 18.3 Å². The highest BCUT2D eigenvalue weighted by Gasteiger charge is 2.33. The molecule has 0 spiro atoms. The summed E-state index contributed by atoms with van der Waals surface area (Å²) in [5, 5.41) is 9.22. The van der Waals surface area contributed by atoms with E-state index in [1.54, 1.807) is 12.1 Å². The topological polar surface area (TPSA) is 92.9 Å². The van der Waals surface area contributed by atoms with Gasteiger partial charge < -0.3 is 15.6 Å². The van der Waals surface area contributed by atoms with Gasteiger partial charge in [0.1, 0.15) is 0 Å². The lowest BCUT2D eigenvalue weighted by molar-refractivity contribution is 0.0109. The smallest absolute Gasteiger partial charge is 0.243 e. The molecule has 1 aromatic carbocycles. The van der Waals surface area contributed by atoms with Crippen LogP contribution in [0.2, 0.25) is 0 Å². The van der Waals surface area contributed by atoms with Crippen molar-refractivity contribution in [1.29, 1.82) is 0 Å². The number of aliphatic hydroxyl groups is 1. The number of ether oxygens (including phenoxy) is 1. The van der Waals surface area contributed by atoms with Crippen LogP contribution in [0.5, 0.6) is 0 Å². The summed E-state index contributed by atoms with van der Waals surface area (Å²) < 4.78 is 31.3. The number of nitrogens with two attached hydrogens (primary N) is 1. The molecule has 1 fully saturated rings. The van der Waals surface area contributed by atoms with Gasteiger partial charge in [0.05, 0.1) is 30.8 Å². The van der Waals surface area contributed by atoms with Crippen molar-refractivity contribution in [1.82, 2.24) is 4.31 Å². The van der Waals surface area contributed by atoms with Gasteiger partial charge in [-0.2, -0.15) is 4.31 Å². The van der Waals surface area contributed by atoms with Gasteiger partial charge in [0.2, 0.25) is 10.0 Å². The van der Waals surface area contributed by atoms with Crippen molar-refractivity contribution in [3.8, 4) is 0 Å². The third kappa shape index (κ3) is 2.49. The molecule has 1 heterocycles. The summed E-state index contributed by atoms with van der Waals surface area (Å²) >= 11 is 0. The van der Waals surface area contributed by atoms with Gasteiger partial charge in [0.25, 0.3) is 0 Å². The van der Waals surface area contributed by atoms with E-state index in [4.69, 9.17) is 10.5 Å². The van der Waals surface area contributed by atoms with Crippen molar-refractivity contribution >= 4 is 15.7 Å². The first-order valence-electron chi connectivity index (χ1n) is 5.61. The maximum Gasteiger partial charge on any atom is 0.243 e. The standard InChI is InChI=1S/C11H16N2O4S/c12-9-2-1-3-11(6-9)18(15,16)13-4-5-17-8-10(13)7-14/h1-3,6,10,14H,4-5,7-8,12H2. The minimum Gasteiger partial charge on any atom is -0.399 e. The molecule has 1 saturated heterocycles. The number of anilines is 1. The van der Waals surface area contributed by atoms with Crippen LogP contribution in [0.3, 0.4) is 0 Å². The lowest BCUT2D eigenvalue weighted by Gasteiger charge is -2.33. The molecule has 1 atom stereocenters. The van der Waals surface area contributed by atoms with E-state index in [1.807, 2.05) is 0 Å². The number of nitrogen functional groups attached to an aromatic ring is 1. The lowest BCUT2D eigenvalue weighted by Crippen LogP contribution is -2.50. The second-order valence-corrected chi connectivity index (χ2v) is 5.99. The lowest BCUT2D eigenvalue weighted by atomic mass is 10.3. The Morgan fingerprint density at radius 3 is 2.94 bits per heavy atom. The molecule has 0 aliphatic carbocycles. The molecule has 18 heavy (non-hydrogen) atoms. The first-order chi connectivity index (χ1) is 8.55. The van der Waals surface area contributed by atoms with Crippen LogP contribution in [0, 0.1) is 0 Å². The summed E-state index contributed by atoms with van der Waals surface area (Å²) in [4.78, 5) is 0.142. The fraction of sp³-hybridized carbons (Fsp3) is 0.455. The van der Waals surface area contributed by atoms with Gasteiger partial charge in [-0.1, -0.05) is 6.07 Å². The Morgan fingerprint density at radius 1 is 1.50 bits per heavy atom. The molecule has 7 heteroatoms. The number of morpholine rings is 1. The van der Waals surface area contributed by atoms with Crippen LogP contribution in [0.25, 0.3) is 0 Å². The highest BCUT2D eigenvalue weighted by molar-refractivity contribution is 7.89. The van der Waals surface area contributed by atoms with Gasteiger partial charge in [-0.25, -0.2) is 8.42 Å². The van der Waals surface area contributed by atoms with Gasteiger partial charge in [-0.3, -0.25) is 0 Å². The Balaban J connectivity index is 2.35. The van der Waals surface area contributed by atoms with E-state index in [0.717, 1.165) is 0 Å². The van der Waals surface area contributed by atoms with Crippen molar-refractivity contribution in [3.05, 3.63) is 24.3 Å². The first-order valence-corrected chi connectivity index (χ1v) is 7.05. The number of hydrogen-bond donors (Lipinski definition) is 2. The monoisotopic (exact) mass is 272 g/mol. The average Bonchev–Trinajstić information content (AvgIpc) is 2.38. The van der Waals surface area contributed by atoms with Gasteiger partial charge >= 0.3 is 0 Å². The van der Waals surface area contributed by atoms with E-state index < -0.39 is 16.1 Å². The molecule has 0 saturated carbocycles. The van der Waals surface area contributed by atoms with Gasteiger partial charge in [-0.05, 0) is 18.2 Å². The van der Waals surface area contributed by atoms with Crippen molar-refractivity contribution in [2.75, 3.05) is 32.1 Å². The SMILES string of the molecule is Nc1cccc(S(=O)(=O)N2CCOCC2CO)c1. The summed E-state index contributed by atoms with van der Waals surface area (Å²) in [6.07, 6.45) is 0. The van der Waals surface area contributed by atoms with Crippen LogP contribution in [0.15, 0.2) is 29.2 Å². The van der Waals surface area contributed by atoms with Crippen molar-refractivity contribution in [2.24, 2.45) is 0 Å². The Morgan fingerprint density at radius 2 is 2.28 bits per heavy atom. The van der Waals surface area contributed by atoms with Crippen LogP contribution in [-0.2, 0) is 14.8 Å². The predicted molar refractivity (Wildman–Crippen MR) is 66.4 cm³/mol. The fourth-order valence-corrected chi connectivity index (χ4v) is 3.55. The molecule has 1 unspecified atom stereocenters. The van der Waals surface area contributed by atoms with E-state index in [2.05, 4.69) is 0 Å². The zero-order valence-electron chi connectivity index (χ0n) is 9.82. The van der Waals surface area contributed by atoms with Crippen LogP contribution in [0.1, 0.15) is 0 Å². The molecule has 0 bridgehead atoms. The number of rotatable bonds is 3. The molecular formula is C11H16N2O4S. The number of nitrogens with zero attached hydrogens (tertiary/aromatic N) is 1. The van der Waals surface area contributed by atoms with E-state index in [-0.39, 0.29) is 24.7 Å². The van der Waals surface area contributed by atoms with E-state index in [9.17, 15) is 13.5 Å². The fourth-order valence-electron chi connectivity index (χ4n) is 1.91. The van der Waals surface area contributed by atoms with Gasteiger partial charge in [0.15, 0.2) is 0 Å². The van der Waals surface area contributed by atoms with Crippen LogP contribution in [0.4, 0.5) is 5.69 Å². The molecule has 6 nitrogen and oxygen atoms in total. The number of sulfonamides is 1. The Hall–Kier alpha value is -1.15. The summed E-state index contributed by atoms with van der Waals surface area (Å²) in [5.41, 5.74) is 5.99. The largest absolute Gasteiger partial charge is 0.399 e. The van der Waals surface area contributed by atoms with E-state index in [1.165, 1.54) is 16.4 Å². The highest BCUT2D eigenvalue weighted by atomic mass is 32.2. The Labute approximate surface area is 106 Å². The minimum atomic E-state index is -3.63. The zero-order chi connectivity index (χ0) is 13.2. The van der Waals surface area contributed by atoms with Crippen molar-refractivity contribution in [2.45, 2.75) is 10.9 Å². The van der Waals surface area contributed by atoms with Gasteiger partial charge in [-0.15, -0.1) is 0 Å². The maximum absolute atomic E-state index is 12.4. The number of benzene rings is 1. The quantitative estimate of drug-likeness (QED) is 0.734. The summed E-state index contributed by atoms with van der Waals surface area (Å²) in [6, 6.07) is 5.60. The molecule has 0 radical (unpaired) electrons. The molecule has 0 amide bonds. The normalized spacial score (nSPS) is 21.9. The maximum atomic E-state index is 12.4. The second kappa shape index (κ2) is 5.23. The molecule has 1 aliphatic rings. The van der Waals surface area contributed by atoms with Crippen molar-refractivity contribution in [3.63, 3.8) is 0 Å². The second-order valence-electron chi connectivity index (χ2n) is 4.10. The Bertz CT molecular complexity index is 518. The molecule has 1 aliphatic heterocycles. The molecule has 100 valence electrons. The molecule has 1 aromatic rings. The minimum absolute atomic E-state index is 0.142. The van der Waals surface area contributed by atoms with Crippen LogP contribution >= 0.6 is 0 Å². The average molecular weight is 272 g/mol. The summed E-state index contributed by atoms with van der Waals surface area (Å²) in [5.74, 6) is 0.